The zero-order valence-electron chi connectivity index (χ0n) is 17.3. The number of aryl methyl sites for hydroxylation is 3. The molecule has 154 valence electrons. The second-order valence-electron chi connectivity index (χ2n) is 7.35. The molecule has 0 saturated heterocycles. The topological polar surface area (TPSA) is 65.1 Å². The van der Waals surface area contributed by atoms with E-state index in [-0.39, 0.29) is 17.4 Å². The summed E-state index contributed by atoms with van der Waals surface area (Å²) in [6.45, 7) is 8.37. The van der Waals surface area contributed by atoms with Crippen molar-refractivity contribution in [1.82, 2.24) is 24.1 Å². The van der Waals surface area contributed by atoms with E-state index in [9.17, 15) is 9.18 Å². The van der Waals surface area contributed by atoms with E-state index in [2.05, 4.69) is 19.6 Å². The fraction of sp³-hybridized carbons (Fsp3) is 0.273. The van der Waals surface area contributed by atoms with Crippen LogP contribution in [-0.2, 0) is 6.54 Å². The van der Waals surface area contributed by atoms with E-state index in [1.807, 2.05) is 39.8 Å². The number of rotatable bonds is 6. The predicted molar refractivity (Wildman–Crippen MR) is 115 cm³/mol. The highest BCUT2D eigenvalue weighted by atomic mass is 32.2. The molecule has 3 heterocycles. The fourth-order valence-corrected chi connectivity index (χ4v) is 4.22. The Morgan fingerprint density at radius 3 is 2.50 bits per heavy atom. The molecule has 0 fully saturated rings. The molecule has 4 rings (SSSR count). The molecule has 0 unspecified atom stereocenters. The third-order valence-corrected chi connectivity index (χ3v) is 5.90. The van der Waals surface area contributed by atoms with Crippen LogP contribution in [0.15, 0.2) is 41.6 Å². The minimum absolute atomic E-state index is 0.0261. The van der Waals surface area contributed by atoms with Gasteiger partial charge >= 0.3 is 0 Å². The van der Waals surface area contributed by atoms with Gasteiger partial charge in [-0.1, -0.05) is 23.9 Å². The van der Waals surface area contributed by atoms with Gasteiger partial charge in [0.15, 0.2) is 5.78 Å². The number of aromatic nitrogens is 5. The maximum atomic E-state index is 13.2. The molecule has 6 nitrogen and oxygen atoms in total. The zero-order chi connectivity index (χ0) is 21.4. The van der Waals surface area contributed by atoms with Crippen LogP contribution in [0.2, 0.25) is 0 Å². The number of carbonyl (C=O) groups excluding carboxylic acids is 1. The molecule has 0 amide bonds. The van der Waals surface area contributed by atoms with Gasteiger partial charge in [0.2, 0.25) is 5.16 Å². The summed E-state index contributed by atoms with van der Waals surface area (Å²) in [5.41, 5.74) is 5.40. The lowest BCUT2D eigenvalue weighted by atomic mass is 10.2. The van der Waals surface area contributed by atoms with E-state index >= 15 is 0 Å². The average Bonchev–Trinajstić information content (AvgIpc) is 3.23. The maximum absolute atomic E-state index is 13.2. The van der Waals surface area contributed by atoms with Crippen molar-refractivity contribution in [2.75, 3.05) is 5.75 Å². The first-order valence-electron chi connectivity index (χ1n) is 9.60. The van der Waals surface area contributed by atoms with Gasteiger partial charge in [-0.15, -0.1) is 5.10 Å². The van der Waals surface area contributed by atoms with Crippen molar-refractivity contribution in [1.29, 1.82) is 0 Å². The normalized spacial score (nSPS) is 11.4. The SMILES string of the molecule is Cc1cc(C)n2nc(SCC(=O)c3cc(C)n(Cc4ccc(F)cc4)c3C)nc2n1. The lowest BCUT2D eigenvalue weighted by Gasteiger charge is -2.10. The van der Waals surface area contributed by atoms with Crippen LogP contribution in [0.4, 0.5) is 4.39 Å². The Morgan fingerprint density at radius 1 is 1.03 bits per heavy atom. The van der Waals surface area contributed by atoms with Gasteiger partial charge < -0.3 is 4.57 Å². The summed E-state index contributed by atoms with van der Waals surface area (Å²) in [4.78, 5) is 21.7. The maximum Gasteiger partial charge on any atom is 0.253 e. The van der Waals surface area contributed by atoms with Crippen LogP contribution in [0.25, 0.3) is 5.78 Å². The summed E-state index contributed by atoms with van der Waals surface area (Å²) in [5, 5.41) is 4.98. The van der Waals surface area contributed by atoms with E-state index in [0.717, 1.165) is 28.3 Å². The molecule has 4 aromatic rings. The molecule has 0 spiro atoms. The molecule has 0 aliphatic rings. The van der Waals surface area contributed by atoms with Gasteiger partial charge in [-0.3, -0.25) is 4.79 Å². The summed E-state index contributed by atoms with van der Waals surface area (Å²) in [6.07, 6.45) is 0. The Labute approximate surface area is 178 Å². The van der Waals surface area contributed by atoms with Crippen LogP contribution in [0.5, 0.6) is 0 Å². The highest BCUT2D eigenvalue weighted by Gasteiger charge is 2.17. The van der Waals surface area contributed by atoms with Crippen LogP contribution < -0.4 is 0 Å². The van der Waals surface area contributed by atoms with Gasteiger partial charge in [0.1, 0.15) is 5.82 Å². The van der Waals surface area contributed by atoms with Crippen molar-refractivity contribution in [3.8, 4) is 0 Å². The summed E-state index contributed by atoms with van der Waals surface area (Å²) < 4.78 is 16.9. The number of hydrogen-bond acceptors (Lipinski definition) is 5. The molecular formula is C22H22FN5OS. The second-order valence-corrected chi connectivity index (χ2v) is 8.30. The van der Waals surface area contributed by atoms with Crippen molar-refractivity contribution in [3.63, 3.8) is 0 Å². The van der Waals surface area contributed by atoms with E-state index in [1.165, 1.54) is 23.9 Å². The van der Waals surface area contributed by atoms with Crippen molar-refractivity contribution >= 4 is 23.3 Å². The van der Waals surface area contributed by atoms with Crippen LogP contribution in [-0.4, -0.2) is 35.7 Å². The first-order chi connectivity index (χ1) is 14.3. The quantitative estimate of drug-likeness (QED) is 0.341. The Morgan fingerprint density at radius 2 is 1.77 bits per heavy atom. The molecular weight excluding hydrogens is 401 g/mol. The standard InChI is InChI=1S/C22H22FN5OS/c1-13-9-15(3)28-21(24-13)25-22(26-28)30-12-20(29)19-10-14(2)27(16(19)4)11-17-5-7-18(23)8-6-17/h5-10H,11-12H2,1-4H3. The minimum Gasteiger partial charge on any atom is -0.344 e. The first kappa shape index (κ1) is 20.3. The van der Waals surface area contributed by atoms with Crippen molar-refractivity contribution in [2.45, 2.75) is 39.4 Å². The molecule has 1 aromatic carbocycles. The molecule has 0 radical (unpaired) electrons. The molecule has 0 atom stereocenters. The van der Waals surface area contributed by atoms with Crippen LogP contribution in [0.1, 0.15) is 38.7 Å². The highest BCUT2D eigenvalue weighted by Crippen LogP contribution is 2.22. The molecule has 3 aromatic heterocycles. The number of thioether (sulfide) groups is 1. The fourth-order valence-electron chi connectivity index (χ4n) is 3.52. The van der Waals surface area contributed by atoms with Gasteiger partial charge in [-0.2, -0.15) is 4.98 Å². The molecule has 30 heavy (non-hydrogen) atoms. The van der Waals surface area contributed by atoms with E-state index < -0.39 is 0 Å². The number of benzene rings is 1. The average molecular weight is 424 g/mol. The number of nitrogens with zero attached hydrogens (tertiary/aromatic N) is 5. The highest BCUT2D eigenvalue weighted by molar-refractivity contribution is 7.99. The Bertz CT molecular complexity index is 1240. The predicted octanol–water partition coefficient (Wildman–Crippen LogP) is 4.32. The van der Waals surface area contributed by atoms with Gasteiger partial charge in [0.05, 0.1) is 5.75 Å². The largest absolute Gasteiger partial charge is 0.344 e. The second kappa shape index (κ2) is 8.02. The summed E-state index contributed by atoms with van der Waals surface area (Å²) in [6, 6.07) is 10.3. The lowest BCUT2D eigenvalue weighted by molar-refractivity contribution is 0.102. The van der Waals surface area contributed by atoms with Gasteiger partial charge in [-0.05, 0) is 57.5 Å². The molecule has 0 aliphatic carbocycles. The molecule has 0 aliphatic heterocycles. The van der Waals surface area contributed by atoms with E-state index in [4.69, 9.17) is 0 Å². The molecule has 0 bridgehead atoms. The summed E-state index contributed by atoms with van der Waals surface area (Å²) in [5.74, 6) is 0.558. The Hall–Kier alpha value is -3.00. The number of hydrogen-bond donors (Lipinski definition) is 0. The van der Waals surface area contributed by atoms with Gasteiger partial charge in [-0.25, -0.2) is 13.9 Å². The van der Waals surface area contributed by atoms with Crippen LogP contribution in [0.3, 0.4) is 0 Å². The first-order valence-corrected chi connectivity index (χ1v) is 10.6. The van der Waals surface area contributed by atoms with Crippen molar-refractivity contribution in [3.05, 3.63) is 76.1 Å². The molecule has 0 N–H and O–H groups in total. The third kappa shape index (κ3) is 4.00. The van der Waals surface area contributed by atoms with E-state index in [0.29, 0.717) is 23.0 Å². The summed E-state index contributed by atoms with van der Waals surface area (Å²) in [7, 11) is 0. The minimum atomic E-state index is -0.256. The third-order valence-electron chi connectivity index (χ3n) is 5.06. The number of carbonyl (C=O) groups is 1. The number of Topliss-reactive ketones (excluding diaryl/α,β-unsaturated/α-hetero) is 1. The molecule has 0 saturated carbocycles. The van der Waals surface area contributed by atoms with Crippen LogP contribution >= 0.6 is 11.8 Å². The zero-order valence-corrected chi connectivity index (χ0v) is 18.1. The van der Waals surface area contributed by atoms with Crippen molar-refractivity contribution < 1.29 is 9.18 Å². The number of fused-ring (bicyclic) bond motifs is 1. The monoisotopic (exact) mass is 423 g/mol. The Balaban J connectivity index is 1.50. The van der Waals surface area contributed by atoms with Crippen molar-refractivity contribution in [2.24, 2.45) is 0 Å². The Kier molecular flexibility index (Phi) is 5.42. The smallest absolute Gasteiger partial charge is 0.253 e. The van der Waals surface area contributed by atoms with Gasteiger partial charge in [0, 0.05) is 34.9 Å². The lowest BCUT2D eigenvalue weighted by Crippen LogP contribution is -2.07. The van der Waals surface area contributed by atoms with Gasteiger partial charge in [0.25, 0.3) is 5.78 Å². The van der Waals surface area contributed by atoms with E-state index in [1.54, 1.807) is 16.6 Å². The summed E-state index contributed by atoms with van der Waals surface area (Å²) >= 11 is 1.31. The number of halogens is 1. The number of ketones is 1. The van der Waals surface area contributed by atoms with Crippen LogP contribution in [0, 0.1) is 33.5 Å². The molecule has 8 heteroatoms.